The van der Waals surface area contributed by atoms with Crippen LogP contribution in [0.15, 0.2) is 18.2 Å². The topological polar surface area (TPSA) is 32.3 Å². The van der Waals surface area contributed by atoms with Gasteiger partial charge in [-0.25, -0.2) is 0 Å². The van der Waals surface area contributed by atoms with Crippen molar-refractivity contribution in [3.05, 3.63) is 34.9 Å². The Hall–Kier alpha value is -0.860. The minimum Gasteiger partial charge on any atom is -0.392 e. The van der Waals surface area contributed by atoms with Crippen LogP contribution in [0.5, 0.6) is 0 Å². The standard InChI is InChI=1S/C15H25NO/c1-11(2)16-10-15(17)8-7-14-9-12(3)5-6-13(14)4/h5-6,9,11,15-17H,7-8,10H2,1-4H3. The first-order chi connectivity index (χ1) is 7.99. The van der Waals surface area contributed by atoms with E-state index in [-0.39, 0.29) is 6.10 Å². The molecule has 1 rings (SSSR count). The summed E-state index contributed by atoms with van der Waals surface area (Å²) in [6.07, 6.45) is 1.52. The Labute approximate surface area is 105 Å². The van der Waals surface area contributed by atoms with E-state index in [1.807, 2.05) is 0 Å². The van der Waals surface area contributed by atoms with Crippen molar-refractivity contribution >= 4 is 0 Å². The highest BCUT2D eigenvalue weighted by Gasteiger charge is 2.06. The zero-order valence-corrected chi connectivity index (χ0v) is 11.5. The van der Waals surface area contributed by atoms with Gasteiger partial charge in [0.1, 0.15) is 0 Å². The second-order valence-electron chi connectivity index (χ2n) is 5.19. The molecule has 0 amide bonds. The Kier molecular flexibility index (Phi) is 5.66. The molecule has 0 heterocycles. The van der Waals surface area contributed by atoms with E-state index in [4.69, 9.17) is 0 Å². The highest BCUT2D eigenvalue weighted by molar-refractivity contribution is 5.30. The predicted octanol–water partition coefficient (Wildman–Crippen LogP) is 2.59. The first-order valence-electron chi connectivity index (χ1n) is 6.46. The summed E-state index contributed by atoms with van der Waals surface area (Å²) in [6, 6.07) is 6.95. The number of aryl methyl sites for hydroxylation is 3. The fraction of sp³-hybridized carbons (Fsp3) is 0.600. The van der Waals surface area contributed by atoms with Gasteiger partial charge in [0.2, 0.25) is 0 Å². The van der Waals surface area contributed by atoms with Crippen molar-refractivity contribution in [3.8, 4) is 0 Å². The van der Waals surface area contributed by atoms with E-state index in [9.17, 15) is 5.11 Å². The Morgan fingerprint density at radius 2 is 1.94 bits per heavy atom. The van der Waals surface area contributed by atoms with Gasteiger partial charge >= 0.3 is 0 Å². The number of aliphatic hydroxyl groups is 1. The third kappa shape index (κ3) is 5.33. The smallest absolute Gasteiger partial charge is 0.0667 e. The molecule has 2 N–H and O–H groups in total. The van der Waals surface area contributed by atoms with Crippen molar-refractivity contribution in [2.45, 2.75) is 52.7 Å². The van der Waals surface area contributed by atoms with Crippen molar-refractivity contribution in [1.82, 2.24) is 5.32 Å². The summed E-state index contributed by atoms with van der Waals surface area (Å²) in [5.74, 6) is 0. The minimum atomic E-state index is -0.252. The number of nitrogens with one attached hydrogen (secondary N) is 1. The van der Waals surface area contributed by atoms with Crippen LogP contribution in [0.2, 0.25) is 0 Å². The zero-order valence-electron chi connectivity index (χ0n) is 11.5. The van der Waals surface area contributed by atoms with Crippen LogP contribution >= 0.6 is 0 Å². The molecule has 2 heteroatoms. The summed E-state index contributed by atoms with van der Waals surface area (Å²) < 4.78 is 0. The molecular formula is C15H25NO. The lowest BCUT2D eigenvalue weighted by Crippen LogP contribution is -2.32. The van der Waals surface area contributed by atoms with E-state index in [1.54, 1.807) is 0 Å². The van der Waals surface area contributed by atoms with Gasteiger partial charge in [-0.15, -0.1) is 0 Å². The SMILES string of the molecule is Cc1ccc(C)c(CCC(O)CNC(C)C)c1. The minimum absolute atomic E-state index is 0.252. The Morgan fingerprint density at radius 3 is 2.59 bits per heavy atom. The Bertz CT molecular complexity index is 347. The summed E-state index contributed by atoms with van der Waals surface area (Å²) in [5, 5.41) is 13.1. The van der Waals surface area contributed by atoms with Gasteiger partial charge in [0.05, 0.1) is 6.10 Å². The lowest BCUT2D eigenvalue weighted by Gasteiger charge is -2.15. The predicted molar refractivity (Wildman–Crippen MR) is 73.4 cm³/mol. The second kappa shape index (κ2) is 6.77. The molecule has 1 aromatic carbocycles. The fourth-order valence-electron chi connectivity index (χ4n) is 1.87. The lowest BCUT2D eigenvalue weighted by atomic mass is 10.00. The van der Waals surface area contributed by atoms with Gasteiger partial charge in [0.25, 0.3) is 0 Å². The van der Waals surface area contributed by atoms with E-state index < -0.39 is 0 Å². The average Bonchev–Trinajstić information content (AvgIpc) is 2.27. The first-order valence-corrected chi connectivity index (χ1v) is 6.46. The van der Waals surface area contributed by atoms with Gasteiger partial charge < -0.3 is 10.4 Å². The van der Waals surface area contributed by atoms with Crippen LogP contribution in [0.4, 0.5) is 0 Å². The molecule has 0 aliphatic heterocycles. The summed E-state index contributed by atoms with van der Waals surface area (Å²) in [4.78, 5) is 0. The molecule has 0 aromatic heterocycles. The van der Waals surface area contributed by atoms with Crippen LogP contribution in [-0.2, 0) is 6.42 Å². The first kappa shape index (κ1) is 14.2. The third-order valence-corrected chi connectivity index (χ3v) is 3.01. The molecule has 0 bridgehead atoms. The molecule has 1 unspecified atom stereocenters. The number of rotatable bonds is 6. The summed E-state index contributed by atoms with van der Waals surface area (Å²) in [5.41, 5.74) is 3.97. The third-order valence-electron chi connectivity index (χ3n) is 3.01. The van der Waals surface area contributed by atoms with E-state index in [1.165, 1.54) is 16.7 Å². The molecule has 1 atom stereocenters. The van der Waals surface area contributed by atoms with Gasteiger partial charge in [-0.2, -0.15) is 0 Å². The molecule has 0 aliphatic carbocycles. The number of hydrogen-bond donors (Lipinski definition) is 2. The van der Waals surface area contributed by atoms with E-state index in [2.05, 4.69) is 51.2 Å². The molecule has 0 saturated heterocycles. The highest BCUT2D eigenvalue weighted by atomic mass is 16.3. The highest BCUT2D eigenvalue weighted by Crippen LogP contribution is 2.13. The molecule has 1 aromatic rings. The van der Waals surface area contributed by atoms with Crippen LogP contribution in [0, 0.1) is 13.8 Å². The van der Waals surface area contributed by atoms with Gasteiger partial charge in [-0.05, 0) is 37.8 Å². The van der Waals surface area contributed by atoms with Crippen LogP contribution < -0.4 is 5.32 Å². The average molecular weight is 235 g/mol. The van der Waals surface area contributed by atoms with Gasteiger partial charge in [0.15, 0.2) is 0 Å². The van der Waals surface area contributed by atoms with Crippen molar-refractivity contribution in [1.29, 1.82) is 0 Å². The summed E-state index contributed by atoms with van der Waals surface area (Å²) >= 11 is 0. The van der Waals surface area contributed by atoms with Crippen LogP contribution in [0.25, 0.3) is 0 Å². The largest absolute Gasteiger partial charge is 0.392 e. The monoisotopic (exact) mass is 235 g/mol. The molecule has 17 heavy (non-hydrogen) atoms. The van der Waals surface area contributed by atoms with Crippen molar-refractivity contribution in [3.63, 3.8) is 0 Å². The maximum absolute atomic E-state index is 9.86. The number of hydrogen-bond acceptors (Lipinski definition) is 2. The van der Waals surface area contributed by atoms with E-state index in [0.717, 1.165) is 12.8 Å². The molecule has 0 saturated carbocycles. The molecule has 0 aliphatic rings. The summed E-state index contributed by atoms with van der Waals surface area (Å²) in [7, 11) is 0. The van der Waals surface area contributed by atoms with Crippen molar-refractivity contribution in [2.75, 3.05) is 6.54 Å². The Balaban J connectivity index is 2.41. The van der Waals surface area contributed by atoms with E-state index in [0.29, 0.717) is 12.6 Å². The van der Waals surface area contributed by atoms with Gasteiger partial charge in [-0.3, -0.25) is 0 Å². The molecule has 96 valence electrons. The van der Waals surface area contributed by atoms with Crippen LogP contribution in [0.1, 0.15) is 37.0 Å². The summed E-state index contributed by atoms with van der Waals surface area (Å²) in [6.45, 7) is 9.12. The molecule has 0 radical (unpaired) electrons. The fourth-order valence-corrected chi connectivity index (χ4v) is 1.87. The molecular weight excluding hydrogens is 210 g/mol. The van der Waals surface area contributed by atoms with Crippen molar-refractivity contribution < 1.29 is 5.11 Å². The molecule has 2 nitrogen and oxygen atoms in total. The number of benzene rings is 1. The lowest BCUT2D eigenvalue weighted by molar-refractivity contribution is 0.159. The van der Waals surface area contributed by atoms with Gasteiger partial charge in [0, 0.05) is 12.6 Å². The molecule has 0 fully saturated rings. The molecule has 0 spiro atoms. The number of aliphatic hydroxyl groups excluding tert-OH is 1. The maximum Gasteiger partial charge on any atom is 0.0667 e. The van der Waals surface area contributed by atoms with Crippen molar-refractivity contribution in [2.24, 2.45) is 0 Å². The maximum atomic E-state index is 9.86. The normalized spacial score (nSPS) is 13.1. The zero-order chi connectivity index (χ0) is 12.8. The van der Waals surface area contributed by atoms with Crippen LogP contribution in [-0.4, -0.2) is 23.8 Å². The second-order valence-corrected chi connectivity index (χ2v) is 5.19. The quantitative estimate of drug-likeness (QED) is 0.794. The van der Waals surface area contributed by atoms with E-state index >= 15 is 0 Å². The van der Waals surface area contributed by atoms with Crippen LogP contribution in [0.3, 0.4) is 0 Å². The Morgan fingerprint density at radius 1 is 1.24 bits per heavy atom. The van der Waals surface area contributed by atoms with Gasteiger partial charge in [-0.1, -0.05) is 37.6 Å².